The summed E-state index contributed by atoms with van der Waals surface area (Å²) in [7, 11) is 1.72. The zero-order valence-electron chi connectivity index (χ0n) is 9.63. The summed E-state index contributed by atoms with van der Waals surface area (Å²) in [4.78, 5) is 0. The van der Waals surface area contributed by atoms with Gasteiger partial charge in [-0.2, -0.15) is 0 Å². The third-order valence-corrected chi connectivity index (χ3v) is 2.49. The summed E-state index contributed by atoms with van der Waals surface area (Å²) in [5, 5.41) is 0. The zero-order valence-corrected chi connectivity index (χ0v) is 9.63. The van der Waals surface area contributed by atoms with E-state index >= 15 is 0 Å². The molecule has 0 spiro atoms. The maximum atomic E-state index is 5.24. The van der Waals surface area contributed by atoms with E-state index in [1.54, 1.807) is 7.11 Å². The van der Waals surface area contributed by atoms with Crippen molar-refractivity contribution in [1.82, 2.24) is 0 Å². The van der Waals surface area contributed by atoms with Crippen LogP contribution in [0, 0.1) is 0 Å². The Bertz CT molecular complexity index is 289. The Hall–Kier alpha value is -0.980. The Kier molecular flexibility index (Phi) is 3.99. The molecule has 0 radical (unpaired) electrons. The molecule has 14 heavy (non-hydrogen) atoms. The lowest BCUT2D eigenvalue weighted by Gasteiger charge is -2.13. The third-order valence-electron chi connectivity index (χ3n) is 2.49. The molecule has 0 N–H and O–H groups in total. The molecule has 0 heterocycles. The quantitative estimate of drug-likeness (QED) is 0.705. The fourth-order valence-electron chi connectivity index (χ4n) is 1.76. The standard InChI is InChI=1S/C13H20O/c1-5-6-11-9-12(14-4)7-8-13(11)10(2)3/h7-10H,5-6H2,1-4H3. The second-order valence-corrected chi connectivity index (χ2v) is 3.97. The lowest BCUT2D eigenvalue weighted by molar-refractivity contribution is 0.414. The minimum atomic E-state index is 0.599. The molecule has 78 valence electrons. The van der Waals surface area contributed by atoms with Crippen LogP contribution in [-0.2, 0) is 6.42 Å². The maximum absolute atomic E-state index is 5.24. The molecule has 1 heteroatoms. The molecule has 1 nitrogen and oxygen atoms in total. The van der Waals surface area contributed by atoms with E-state index in [0.717, 1.165) is 12.2 Å². The number of methoxy groups -OCH3 is 1. The van der Waals surface area contributed by atoms with Gasteiger partial charge in [0.05, 0.1) is 7.11 Å². The van der Waals surface area contributed by atoms with Crippen molar-refractivity contribution in [2.24, 2.45) is 0 Å². The third kappa shape index (κ3) is 2.50. The molecular formula is C13H20O. The molecule has 1 rings (SSSR count). The van der Waals surface area contributed by atoms with Gasteiger partial charge in [0, 0.05) is 0 Å². The van der Waals surface area contributed by atoms with Crippen molar-refractivity contribution in [3.63, 3.8) is 0 Å². The molecule has 0 fully saturated rings. The average Bonchev–Trinajstić information content (AvgIpc) is 2.17. The molecule has 0 saturated carbocycles. The van der Waals surface area contributed by atoms with E-state index in [0.29, 0.717) is 5.92 Å². The van der Waals surface area contributed by atoms with Crippen LogP contribution in [0.15, 0.2) is 18.2 Å². The first kappa shape index (κ1) is 11.1. The summed E-state index contributed by atoms with van der Waals surface area (Å²) in [6, 6.07) is 6.40. The smallest absolute Gasteiger partial charge is 0.119 e. The first-order chi connectivity index (χ1) is 6.69. The Labute approximate surface area is 87.1 Å². The minimum Gasteiger partial charge on any atom is -0.497 e. The van der Waals surface area contributed by atoms with Gasteiger partial charge in [0.15, 0.2) is 0 Å². The molecule has 0 aromatic heterocycles. The van der Waals surface area contributed by atoms with E-state index in [4.69, 9.17) is 4.74 Å². The minimum absolute atomic E-state index is 0.599. The van der Waals surface area contributed by atoms with Gasteiger partial charge in [-0.05, 0) is 35.6 Å². The van der Waals surface area contributed by atoms with E-state index < -0.39 is 0 Å². The number of hydrogen-bond acceptors (Lipinski definition) is 1. The van der Waals surface area contributed by atoms with Crippen LogP contribution in [0.2, 0.25) is 0 Å². The summed E-state index contributed by atoms with van der Waals surface area (Å²) >= 11 is 0. The van der Waals surface area contributed by atoms with Gasteiger partial charge in [0.1, 0.15) is 5.75 Å². The summed E-state index contributed by atoms with van der Waals surface area (Å²) in [5.41, 5.74) is 2.88. The van der Waals surface area contributed by atoms with Gasteiger partial charge in [-0.25, -0.2) is 0 Å². The lowest BCUT2D eigenvalue weighted by Crippen LogP contribution is -1.97. The van der Waals surface area contributed by atoms with Gasteiger partial charge in [-0.3, -0.25) is 0 Å². The van der Waals surface area contributed by atoms with Gasteiger partial charge in [0.2, 0.25) is 0 Å². The first-order valence-electron chi connectivity index (χ1n) is 5.35. The summed E-state index contributed by atoms with van der Waals surface area (Å²) in [6.07, 6.45) is 2.33. The monoisotopic (exact) mass is 192 g/mol. The first-order valence-corrected chi connectivity index (χ1v) is 5.35. The molecule has 0 unspecified atom stereocenters. The van der Waals surface area contributed by atoms with E-state index in [9.17, 15) is 0 Å². The van der Waals surface area contributed by atoms with Gasteiger partial charge in [-0.1, -0.05) is 33.3 Å². The molecule has 0 amide bonds. The van der Waals surface area contributed by atoms with Crippen LogP contribution in [0.4, 0.5) is 0 Å². The van der Waals surface area contributed by atoms with E-state index in [-0.39, 0.29) is 0 Å². The Morgan fingerprint density at radius 3 is 2.50 bits per heavy atom. The van der Waals surface area contributed by atoms with E-state index in [1.165, 1.54) is 17.5 Å². The molecule has 1 aromatic rings. The molecular weight excluding hydrogens is 172 g/mol. The van der Waals surface area contributed by atoms with Crippen LogP contribution in [0.3, 0.4) is 0 Å². The normalized spacial score (nSPS) is 10.6. The highest BCUT2D eigenvalue weighted by atomic mass is 16.5. The highest BCUT2D eigenvalue weighted by molar-refractivity contribution is 5.37. The van der Waals surface area contributed by atoms with Crippen molar-refractivity contribution in [2.45, 2.75) is 39.5 Å². The van der Waals surface area contributed by atoms with Crippen molar-refractivity contribution in [1.29, 1.82) is 0 Å². The molecule has 1 aromatic carbocycles. The molecule has 0 saturated heterocycles. The summed E-state index contributed by atoms with van der Waals surface area (Å²) in [6.45, 7) is 6.69. The maximum Gasteiger partial charge on any atom is 0.119 e. The van der Waals surface area contributed by atoms with Crippen LogP contribution in [0.25, 0.3) is 0 Å². The lowest BCUT2D eigenvalue weighted by atomic mass is 9.94. The fraction of sp³-hybridized carbons (Fsp3) is 0.538. The van der Waals surface area contributed by atoms with Crippen LogP contribution < -0.4 is 4.74 Å². The number of benzene rings is 1. The number of hydrogen-bond donors (Lipinski definition) is 0. The van der Waals surface area contributed by atoms with Crippen LogP contribution in [-0.4, -0.2) is 7.11 Å². The van der Waals surface area contributed by atoms with Crippen LogP contribution >= 0.6 is 0 Å². The van der Waals surface area contributed by atoms with Gasteiger partial charge >= 0.3 is 0 Å². The van der Waals surface area contributed by atoms with Gasteiger partial charge in [-0.15, -0.1) is 0 Å². The van der Waals surface area contributed by atoms with Crippen LogP contribution in [0.1, 0.15) is 44.2 Å². The van der Waals surface area contributed by atoms with Gasteiger partial charge < -0.3 is 4.74 Å². The fourth-order valence-corrected chi connectivity index (χ4v) is 1.76. The predicted octanol–water partition coefficient (Wildman–Crippen LogP) is 3.77. The van der Waals surface area contributed by atoms with Crippen molar-refractivity contribution >= 4 is 0 Å². The highest BCUT2D eigenvalue weighted by Crippen LogP contribution is 2.25. The van der Waals surface area contributed by atoms with Crippen molar-refractivity contribution in [3.05, 3.63) is 29.3 Å². The largest absolute Gasteiger partial charge is 0.497 e. The Morgan fingerprint density at radius 2 is 2.00 bits per heavy atom. The summed E-state index contributed by atoms with van der Waals surface area (Å²) in [5.74, 6) is 1.57. The molecule has 0 aliphatic rings. The number of aryl methyl sites for hydroxylation is 1. The second-order valence-electron chi connectivity index (χ2n) is 3.97. The second kappa shape index (κ2) is 5.04. The van der Waals surface area contributed by atoms with Crippen molar-refractivity contribution in [2.75, 3.05) is 7.11 Å². The Balaban J connectivity index is 3.03. The zero-order chi connectivity index (χ0) is 10.6. The van der Waals surface area contributed by atoms with E-state index in [1.807, 2.05) is 0 Å². The molecule has 0 aliphatic carbocycles. The Morgan fingerprint density at radius 1 is 1.29 bits per heavy atom. The van der Waals surface area contributed by atoms with Crippen LogP contribution in [0.5, 0.6) is 5.75 Å². The molecule has 0 atom stereocenters. The molecule has 0 bridgehead atoms. The average molecular weight is 192 g/mol. The van der Waals surface area contributed by atoms with Gasteiger partial charge in [0.25, 0.3) is 0 Å². The molecule has 0 aliphatic heterocycles. The van der Waals surface area contributed by atoms with Crippen molar-refractivity contribution < 1.29 is 4.74 Å². The topological polar surface area (TPSA) is 9.23 Å². The predicted molar refractivity (Wildman–Crippen MR) is 61.1 cm³/mol. The SMILES string of the molecule is CCCc1cc(OC)ccc1C(C)C. The van der Waals surface area contributed by atoms with E-state index in [2.05, 4.69) is 39.0 Å². The highest BCUT2D eigenvalue weighted by Gasteiger charge is 2.06. The number of rotatable bonds is 4. The summed E-state index contributed by atoms with van der Waals surface area (Å²) < 4.78 is 5.24. The van der Waals surface area contributed by atoms with Crippen molar-refractivity contribution in [3.8, 4) is 5.75 Å². The number of ether oxygens (including phenoxy) is 1.